The smallest absolute Gasteiger partial charge is 0.143 e. The van der Waals surface area contributed by atoms with E-state index in [1.807, 2.05) is 18.2 Å². The topological polar surface area (TPSA) is 59.2 Å². The Labute approximate surface area is 146 Å². The van der Waals surface area contributed by atoms with E-state index in [2.05, 4.69) is 17.1 Å². The molecule has 5 heteroatoms. The van der Waals surface area contributed by atoms with Gasteiger partial charge in [-0.15, -0.1) is 0 Å². The molecule has 1 atom stereocenters. The molecule has 0 aliphatic carbocycles. The number of aromatic nitrogens is 2. The zero-order valence-electron chi connectivity index (χ0n) is 13.4. The summed E-state index contributed by atoms with van der Waals surface area (Å²) >= 11 is 5.97. The van der Waals surface area contributed by atoms with E-state index in [0.29, 0.717) is 21.8 Å². The molecule has 0 aliphatic rings. The molecule has 0 saturated carbocycles. The van der Waals surface area contributed by atoms with Crippen LogP contribution in [0.1, 0.15) is 42.8 Å². The number of benzene rings is 1. The van der Waals surface area contributed by atoms with Crippen LogP contribution in [-0.2, 0) is 6.42 Å². The van der Waals surface area contributed by atoms with Gasteiger partial charge in [-0.05, 0) is 24.6 Å². The van der Waals surface area contributed by atoms with E-state index in [-0.39, 0.29) is 0 Å². The lowest BCUT2D eigenvalue weighted by Crippen LogP contribution is -2.04. The van der Waals surface area contributed by atoms with Gasteiger partial charge in [-0.2, -0.15) is 0 Å². The third-order valence-corrected chi connectivity index (χ3v) is 4.20. The molecule has 124 valence electrons. The van der Waals surface area contributed by atoms with E-state index in [4.69, 9.17) is 16.1 Å². The quantitative estimate of drug-likeness (QED) is 0.698. The SMILES string of the molecule is CCCCc1onc(-c2ccc(Cl)cc2)c1C(O)c1cccnc1. The molecule has 24 heavy (non-hydrogen) atoms. The molecule has 0 spiro atoms. The normalized spacial score (nSPS) is 12.3. The summed E-state index contributed by atoms with van der Waals surface area (Å²) in [5.74, 6) is 0.721. The number of hydrogen-bond donors (Lipinski definition) is 1. The third kappa shape index (κ3) is 3.50. The van der Waals surface area contributed by atoms with Crippen LogP contribution in [-0.4, -0.2) is 15.2 Å². The molecule has 1 aromatic carbocycles. The summed E-state index contributed by atoms with van der Waals surface area (Å²) in [6.07, 6.45) is 5.27. The lowest BCUT2D eigenvalue weighted by Gasteiger charge is -2.12. The van der Waals surface area contributed by atoms with Gasteiger partial charge in [0.15, 0.2) is 0 Å². The van der Waals surface area contributed by atoms with Crippen LogP contribution < -0.4 is 0 Å². The molecule has 0 aliphatic heterocycles. The van der Waals surface area contributed by atoms with Crippen molar-refractivity contribution in [2.75, 3.05) is 0 Å². The number of hydrogen-bond acceptors (Lipinski definition) is 4. The second-order valence-corrected chi connectivity index (χ2v) is 6.10. The molecule has 0 saturated heterocycles. The largest absolute Gasteiger partial charge is 0.383 e. The predicted molar refractivity (Wildman–Crippen MR) is 93.9 cm³/mol. The van der Waals surface area contributed by atoms with Crippen LogP contribution in [0, 0.1) is 0 Å². The van der Waals surface area contributed by atoms with Crippen LogP contribution in [0.2, 0.25) is 5.02 Å². The van der Waals surface area contributed by atoms with Gasteiger partial charge in [0.2, 0.25) is 0 Å². The summed E-state index contributed by atoms with van der Waals surface area (Å²) in [7, 11) is 0. The maximum Gasteiger partial charge on any atom is 0.143 e. The highest BCUT2D eigenvalue weighted by Crippen LogP contribution is 2.35. The van der Waals surface area contributed by atoms with Gasteiger partial charge < -0.3 is 9.63 Å². The minimum atomic E-state index is -0.831. The number of nitrogens with zero attached hydrogens (tertiary/aromatic N) is 2. The third-order valence-electron chi connectivity index (χ3n) is 3.95. The average Bonchev–Trinajstić information content (AvgIpc) is 3.04. The van der Waals surface area contributed by atoms with Crippen molar-refractivity contribution in [3.05, 3.63) is 70.7 Å². The predicted octanol–water partition coefficient (Wildman–Crippen LogP) is 4.81. The van der Waals surface area contributed by atoms with Crippen LogP contribution in [0.25, 0.3) is 11.3 Å². The first kappa shape index (κ1) is 16.7. The molecule has 4 nitrogen and oxygen atoms in total. The molecule has 0 bridgehead atoms. The van der Waals surface area contributed by atoms with Crippen molar-refractivity contribution >= 4 is 11.6 Å². The second kappa shape index (κ2) is 7.60. The Kier molecular flexibility index (Phi) is 5.28. The zero-order chi connectivity index (χ0) is 16.9. The van der Waals surface area contributed by atoms with Crippen molar-refractivity contribution in [3.8, 4) is 11.3 Å². The molecule has 0 fully saturated rings. The van der Waals surface area contributed by atoms with E-state index in [0.717, 1.165) is 30.6 Å². The van der Waals surface area contributed by atoms with Crippen LogP contribution in [0.3, 0.4) is 0 Å². The van der Waals surface area contributed by atoms with E-state index in [1.165, 1.54) is 0 Å². The Balaban J connectivity index is 2.06. The van der Waals surface area contributed by atoms with Gasteiger partial charge in [0.1, 0.15) is 17.6 Å². The number of aliphatic hydroxyl groups is 1. The minimum absolute atomic E-state index is 0.647. The average molecular weight is 343 g/mol. The van der Waals surface area contributed by atoms with E-state index in [9.17, 15) is 5.11 Å². The Hall–Kier alpha value is -2.17. The zero-order valence-corrected chi connectivity index (χ0v) is 14.2. The molecule has 2 aromatic heterocycles. The standard InChI is InChI=1S/C19H19ClN2O2/c1-2-3-6-16-17(19(23)14-5-4-11-21-12-14)18(22-24-16)13-7-9-15(20)10-8-13/h4-5,7-12,19,23H,2-3,6H2,1H3. The minimum Gasteiger partial charge on any atom is -0.383 e. The van der Waals surface area contributed by atoms with Crippen molar-refractivity contribution in [2.24, 2.45) is 0 Å². The molecule has 1 N–H and O–H groups in total. The van der Waals surface area contributed by atoms with Gasteiger partial charge in [0, 0.05) is 35.0 Å². The molecular formula is C19H19ClN2O2. The first-order valence-corrected chi connectivity index (χ1v) is 8.41. The molecule has 0 amide bonds. The summed E-state index contributed by atoms with van der Waals surface area (Å²) in [5, 5.41) is 15.8. The molecule has 1 unspecified atom stereocenters. The van der Waals surface area contributed by atoms with Crippen LogP contribution in [0.15, 0.2) is 53.3 Å². The maximum atomic E-state index is 10.9. The van der Waals surface area contributed by atoms with Crippen LogP contribution >= 0.6 is 11.6 Å². The fourth-order valence-electron chi connectivity index (χ4n) is 2.65. The first-order chi connectivity index (χ1) is 11.7. The molecule has 2 heterocycles. The summed E-state index contributed by atoms with van der Waals surface area (Å²) in [6, 6.07) is 11.0. The number of aliphatic hydroxyl groups excluding tert-OH is 1. The van der Waals surface area contributed by atoms with Crippen LogP contribution in [0.5, 0.6) is 0 Å². The van der Waals surface area contributed by atoms with Crippen molar-refractivity contribution in [1.82, 2.24) is 10.1 Å². The van der Waals surface area contributed by atoms with Crippen molar-refractivity contribution in [3.63, 3.8) is 0 Å². The molecule has 3 aromatic rings. The van der Waals surface area contributed by atoms with Crippen molar-refractivity contribution in [1.29, 1.82) is 0 Å². The van der Waals surface area contributed by atoms with Gasteiger partial charge in [0.25, 0.3) is 0 Å². The molecule has 0 radical (unpaired) electrons. The number of pyridine rings is 1. The second-order valence-electron chi connectivity index (χ2n) is 5.67. The summed E-state index contributed by atoms with van der Waals surface area (Å²) in [6.45, 7) is 2.12. The number of unbranched alkanes of at least 4 members (excludes halogenated alkanes) is 1. The Morgan fingerprint density at radius 1 is 1.21 bits per heavy atom. The highest BCUT2D eigenvalue weighted by atomic mass is 35.5. The fraction of sp³-hybridized carbons (Fsp3) is 0.263. The molecular weight excluding hydrogens is 324 g/mol. The van der Waals surface area contributed by atoms with E-state index < -0.39 is 6.10 Å². The van der Waals surface area contributed by atoms with Crippen molar-refractivity contribution < 1.29 is 9.63 Å². The summed E-state index contributed by atoms with van der Waals surface area (Å²) < 4.78 is 5.56. The summed E-state index contributed by atoms with van der Waals surface area (Å²) in [4.78, 5) is 4.09. The lowest BCUT2D eigenvalue weighted by atomic mass is 9.96. The van der Waals surface area contributed by atoms with Crippen LogP contribution in [0.4, 0.5) is 0 Å². The van der Waals surface area contributed by atoms with E-state index in [1.54, 1.807) is 30.6 Å². The van der Waals surface area contributed by atoms with E-state index >= 15 is 0 Å². The van der Waals surface area contributed by atoms with Gasteiger partial charge in [-0.1, -0.05) is 48.3 Å². The molecule has 3 rings (SSSR count). The number of aryl methyl sites for hydroxylation is 1. The highest BCUT2D eigenvalue weighted by molar-refractivity contribution is 6.30. The van der Waals surface area contributed by atoms with Gasteiger partial charge in [0.05, 0.1) is 5.56 Å². The summed E-state index contributed by atoms with van der Waals surface area (Å²) in [5.41, 5.74) is 2.94. The lowest BCUT2D eigenvalue weighted by molar-refractivity contribution is 0.216. The maximum absolute atomic E-state index is 10.9. The van der Waals surface area contributed by atoms with Gasteiger partial charge in [-0.3, -0.25) is 4.98 Å². The Bertz CT molecular complexity index is 785. The number of rotatable bonds is 6. The van der Waals surface area contributed by atoms with Gasteiger partial charge in [-0.25, -0.2) is 0 Å². The van der Waals surface area contributed by atoms with Crippen molar-refractivity contribution in [2.45, 2.75) is 32.3 Å². The van der Waals surface area contributed by atoms with Gasteiger partial charge >= 0.3 is 0 Å². The first-order valence-electron chi connectivity index (χ1n) is 8.03. The fourth-order valence-corrected chi connectivity index (χ4v) is 2.78. The highest BCUT2D eigenvalue weighted by Gasteiger charge is 2.25. The number of halogens is 1. The monoisotopic (exact) mass is 342 g/mol. The Morgan fingerprint density at radius 2 is 2.00 bits per heavy atom. The Morgan fingerprint density at radius 3 is 2.67 bits per heavy atom.